The first kappa shape index (κ1) is 15.8. The molecule has 22 heavy (non-hydrogen) atoms. The van der Waals surface area contributed by atoms with E-state index in [1.165, 1.54) is 9.28 Å². The molecule has 0 saturated carbocycles. The predicted molar refractivity (Wildman–Crippen MR) is 90.7 cm³/mol. The zero-order valence-corrected chi connectivity index (χ0v) is 15.8. The van der Waals surface area contributed by atoms with Crippen molar-refractivity contribution in [2.75, 3.05) is 18.5 Å². The maximum absolute atomic E-state index is 9.18. The number of benzene rings is 1. The molecule has 0 aliphatic carbocycles. The molecule has 4 nitrogen and oxygen atoms in total. The van der Waals surface area contributed by atoms with Gasteiger partial charge in [-0.3, -0.25) is 0 Å². The van der Waals surface area contributed by atoms with Crippen LogP contribution in [0, 0.1) is 5.92 Å². The molecule has 0 fully saturated rings. The van der Waals surface area contributed by atoms with Gasteiger partial charge in [-0.15, -0.1) is 0 Å². The Balaban J connectivity index is 1.94. The molecule has 2 aromatic rings. The fraction of sp³-hybridized carbons (Fsp3) is 0.250. The summed E-state index contributed by atoms with van der Waals surface area (Å²) in [4.78, 5) is 8.86. The van der Waals surface area contributed by atoms with Gasteiger partial charge in [0.25, 0.3) is 0 Å². The quantitative estimate of drug-likeness (QED) is 0.726. The Hall–Kier alpha value is -1.11. The molecule has 1 aliphatic heterocycles. The average molecular weight is 420 g/mol. The zero-order valence-electron chi connectivity index (χ0n) is 12.2. The van der Waals surface area contributed by atoms with E-state index in [0.717, 1.165) is 22.0 Å². The topological polar surface area (TPSA) is 58.0 Å². The fourth-order valence-corrected chi connectivity index (χ4v) is 5.71. The number of aliphatic hydroxyl groups is 1. The van der Waals surface area contributed by atoms with Crippen molar-refractivity contribution in [3.8, 4) is 0 Å². The standard InChI is InChI=1S/C16H16ClN3O.Sn/c1-11(9-21)7-19-16-15(8-18-10-20-16)12(2)13-4-3-5-14(17)6-13;/h2-6,10-11,21H,7,9H2,1H3,(H,18,19,20);. The molecule has 0 amide bonds. The molecule has 2 N–H and O–H groups in total. The number of aromatic nitrogens is 2. The van der Waals surface area contributed by atoms with Crippen LogP contribution in [-0.2, 0) is 0 Å². The molecule has 0 bridgehead atoms. The number of rotatable bonds is 5. The monoisotopic (exact) mass is 421 g/mol. The van der Waals surface area contributed by atoms with Crippen molar-refractivity contribution in [1.82, 2.24) is 9.97 Å². The van der Waals surface area contributed by atoms with E-state index in [1.807, 2.05) is 25.1 Å². The van der Waals surface area contributed by atoms with Gasteiger partial charge >= 0.3 is 145 Å². The maximum atomic E-state index is 9.18. The average Bonchev–Trinajstić information content (AvgIpc) is 2.97. The third-order valence-corrected chi connectivity index (χ3v) is 6.87. The van der Waals surface area contributed by atoms with Gasteiger partial charge < -0.3 is 0 Å². The van der Waals surface area contributed by atoms with Gasteiger partial charge in [-0.05, 0) is 0 Å². The van der Waals surface area contributed by atoms with Crippen molar-refractivity contribution in [3.63, 3.8) is 0 Å². The molecule has 6 heteroatoms. The second kappa shape index (κ2) is 6.98. The number of hydrogen-bond acceptors (Lipinski definition) is 4. The van der Waals surface area contributed by atoms with E-state index in [0.29, 0.717) is 6.54 Å². The number of nitrogens with zero attached hydrogens (tertiary/aromatic N) is 2. The van der Waals surface area contributed by atoms with Gasteiger partial charge in [-0.2, -0.15) is 0 Å². The Morgan fingerprint density at radius 1 is 1.36 bits per heavy atom. The van der Waals surface area contributed by atoms with E-state index < -0.39 is 21.1 Å². The van der Waals surface area contributed by atoms with Crippen LogP contribution in [0.5, 0.6) is 0 Å². The van der Waals surface area contributed by atoms with Crippen molar-refractivity contribution >= 4 is 47.8 Å². The first-order valence-corrected chi connectivity index (χ1v) is 10.6. The van der Waals surface area contributed by atoms with Crippen LogP contribution in [0.25, 0.3) is 5.57 Å². The molecule has 0 spiro atoms. The Bertz CT molecular complexity index is 720. The van der Waals surface area contributed by atoms with Crippen LogP contribution in [-0.4, -0.2) is 49.4 Å². The molecule has 112 valence electrons. The molecule has 2 heterocycles. The summed E-state index contributed by atoms with van der Waals surface area (Å²) in [6, 6.07) is 7.89. The molecule has 1 atom stereocenters. The minimum atomic E-state index is -0.815. The van der Waals surface area contributed by atoms with Crippen molar-refractivity contribution in [2.24, 2.45) is 5.92 Å². The number of hydrogen-bond donors (Lipinski definition) is 2. The van der Waals surface area contributed by atoms with Crippen molar-refractivity contribution in [1.29, 1.82) is 0 Å². The van der Waals surface area contributed by atoms with E-state index in [4.69, 9.17) is 11.6 Å². The Labute approximate surface area is 144 Å². The van der Waals surface area contributed by atoms with E-state index >= 15 is 0 Å². The summed E-state index contributed by atoms with van der Waals surface area (Å²) in [5.74, 6) is 1.04. The summed E-state index contributed by atoms with van der Waals surface area (Å²) in [5, 5.41) is 13.3. The molecular formula is C16H16ClN3OSn. The van der Waals surface area contributed by atoms with E-state index in [1.54, 1.807) is 6.33 Å². The van der Waals surface area contributed by atoms with Crippen LogP contribution in [0.2, 0.25) is 5.02 Å². The Morgan fingerprint density at radius 3 is 3.00 bits per heavy atom. The van der Waals surface area contributed by atoms with E-state index in [9.17, 15) is 5.11 Å². The van der Waals surface area contributed by atoms with Gasteiger partial charge in [0.15, 0.2) is 0 Å². The molecule has 1 aromatic heterocycles. The van der Waals surface area contributed by atoms with Gasteiger partial charge in [0.2, 0.25) is 0 Å². The Kier molecular flexibility index (Phi) is 5.00. The third-order valence-electron chi connectivity index (χ3n) is 3.54. The Morgan fingerprint density at radius 2 is 2.23 bits per heavy atom. The van der Waals surface area contributed by atoms with E-state index in [-0.39, 0.29) is 12.5 Å². The first-order valence-electron chi connectivity index (χ1n) is 7.11. The van der Waals surface area contributed by atoms with Gasteiger partial charge in [0, 0.05) is 0 Å². The van der Waals surface area contributed by atoms with Crippen molar-refractivity contribution < 1.29 is 5.11 Å². The normalized spacial score (nSPS) is 14.4. The number of nitrogens with one attached hydrogen (secondary N) is 1. The van der Waals surface area contributed by atoms with Gasteiger partial charge in [-0.25, -0.2) is 0 Å². The van der Waals surface area contributed by atoms with Crippen LogP contribution in [0.3, 0.4) is 0 Å². The number of halogens is 1. The third kappa shape index (κ3) is 3.29. The second-order valence-electron chi connectivity index (χ2n) is 5.33. The summed E-state index contributed by atoms with van der Waals surface area (Å²) >= 11 is 5.31. The molecule has 0 saturated heterocycles. The minimum absolute atomic E-state index is 0.161. The van der Waals surface area contributed by atoms with Crippen molar-refractivity contribution in [3.05, 3.63) is 50.8 Å². The molecule has 1 aliphatic rings. The molecule has 1 unspecified atom stereocenters. The summed E-state index contributed by atoms with van der Waals surface area (Å²) in [7, 11) is 0. The van der Waals surface area contributed by atoms with Crippen LogP contribution in [0.1, 0.15) is 18.1 Å². The van der Waals surface area contributed by atoms with Crippen LogP contribution in [0.15, 0.2) is 34.7 Å². The van der Waals surface area contributed by atoms with Crippen LogP contribution < -0.4 is 9.03 Å². The molecule has 3 rings (SSSR count). The van der Waals surface area contributed by atoms with Crippen LogP contribution >= 0.6 is 11.6 Å². The second-order valence-corrected chi connectivity index (χ2v) is 8.76. The predicted octanol–water partition coefficient (Wildman–Crippen LogP) is 1.90. The van der Waals surface area contributed by atoms with Gasteiger partial charge in [0.1, 0.15) is 0 Å². The zero-order chi connectivity index (χ0) is 15.5. The summed E-state index contributed by atoms with van der Waals surface area (Å²) < 4.78 is 3.52. The molecular weight excluding hydrogens is 404 g/mol. The van der Waals surface area contributed by atoms with Crippen LogP contribution in [0.4, 0.5) is 5.82 Å². The summed E-state index contributed by atoms with van der Waals surface area (Å²) in [6.45, 7) is 2.85. The first-order chi connectivity index (χ1) is 10.7. The van der Waals surface area contributed by atoms with Crippen molar-refractivity contribution in [2.45, 2.75) is 6.92 Å². The number of aliphatic hydroxyl groups excluding tert-OH is 1. The molecule has 2 radical (unpaired) electrons. The molecule has 1 aromatic carbocycles. The number of fused-ring (bicyclic) bond motifs is 1. The SMILES string of the molecule is CC(CO)CNc1ncn[c]2c1C(c1cccc(Cl)c1)=[CH][Sn]2. The van der Waals surface area contributed by atoms with Gasteiger partial charge in [-0.1, -0.05) is 0 Å². The van der Waals surface area contributed by atoms with E-state index in [2.05, 4.69) is 25.4 Å². The number of anilines is 1. The summed E-state index contributed by atoms with van der Waals surface area (Å²) in [6.07, 6.45) is 1.63. The van der Waals surface area contributed by atoms with Gasteiger partial charge in [0.05, 0.1) is 0 Å². The summed E-state index contributed by atoms with van der Waals surface area (Å²) in [5.41, 5.74) is 3.41. The fourth-order valence-electron chi connectivity index (χ4n) is 2.32.